The topological polar surface area (TPSA) is 52.2 Å². The predicted octanol–water partition coefficient (Wildman–Crippen LogP) is 4.26. The molecule has 156 valence electrons. The number of amides is 1. The van der Waals surface area contributed by atoms with Crippen LogP contribution in [0.1, 0.15) is 31.2 Å². The molecule has 2 aromatic carbocycles. The lowest BCUT2D eigenvalue weighted by molar-refractivity contribution is -0.137. The van der Waals surface area contributed by atoms with Gasteiger partial charge in [-0.05, 0) is 55.7 Å². The minimum Gasteiger partial charge on any atom is -0.342 e. The number of likely N-dealkylation sites (tertiary alicyclic amines) is 1. The van der Waals surface area contributed by atoms with Crippen molar-refractivity contribution in [3.8, 4) is 0 Å². The summed E-state index contributed by atoms with van der Waals surface area (Å²) in [6.07, 6.45) is 5.38. The first kappa shape index (κ1) is 19.2. The van der Waals surface area contributed by atoms with Crippen molar-refractivity contribution in [2.24, 2.45) is 11.8 Å². The molecule has 0 radical (unpaired) electrons. The van der Waals surface area contributed by atoms with Gasteiger partial charge in [0.15, 0.2) is 0 Å². The number of hydrogen-bond donors (Lipinski definition) is 1. The lowest BCUT2D eigenvalue weighted by atomic mass is 9.89. The van der Waals surface area contributed by atoms with Crippen molar-refractivity contribution in [1.82, 2.24) is 14.9 Å². The number of aromatic nitrogens is 2. The van der Waals surface area contributed by atoms with Crippen LogP contribution in [-0.2, 0) is 11.2 Å². The highest BCUT2D eigenvalue weighted by molar-refractivity contribution is 5.80. The lowest BCUT2D eigenvalue weighted by Gasteiger charge is -2.37. The monoisotopic (exact) mass is 402 g/mol. The molecule has 0 spiro atoms. The van der Waals surface area contributed by atoms with Crippen molar-refractivity contribution in [3.63, 3.8) is 0 Å². The smallest absolute Gasteiger partial charge is 0.227 e. The van der Waals surface area contributed by atoms with Gasteiger partial charge < -0.3 is 14.8 Å². The number of nitrogens with one attached hydrogen (secondary N) is 1. The van der Waals surface area contributed by atoms with Crippen LogP contribution in [0.15, 0.2) is 54.6 Å². The number of anilines is 1. The van der Waals surface area contributed by atoms with Gasteiger partial charge in [0, 0.05) is 26.2 Å². The maximum absolute atomic E-state index is 13.2. The largest absolute Gasteiger partial charge is 0.342 e. The quantitative estimate of drug-likeness (QED) is 0.709. The van der Waals surface area contributed by atoms with Crippen LogP contribution in [0, 0.1) is 11.8 Å². The molecular formula is C25H30N4O. The highest BCUT2D eigenvalue weighted by Crippen LogP contribution is 2.27. The molecule has 2 aliphatic rings. The van der Waals surface area contributed by atoms with E-state index in [4.69, 9.17) is 4.98 Å². The van der Waals surface area contributed by atoms with Crippen LogP contribution in [0.3, 0.4) is 0 Å². The SMILES string of the molecule is O=C(C1CCCN(c2nc3ccccc3[nH]2)C1)N1CCC(Cc2ccccc2)CC1. The summed E-state index contributed by atoms with van der Waals surface area (Å²) in [6.45, 7) is 3.53. The fraction of sp³-hybridized carbons (Fsp3) is 0.440. The van der Waals surface area contributed by atoms with Crippen molar-refractivity contribution in [2.45, 2.75) is 32.1 Å². The van der Waals surface area contributed by atoms with Crippen LogP contribution >= 0.6 is 0 Å². The highest BCUT2D eigenvalue weighted by atomic mass is 16.2. The Labute approximate surface area is 178 Å². The number of aromatic amines is 1. The van der Waals surface area contributed by atoms with Crippen molar-refractivity contribution in [2.75, 3.05) is 31.1 Å². The Morgan fingerprint density at radius 2 is 1.73 bits per heavy atom. The molecule has 2 aliphatic heterocycles. The number of nitrogens with zero attached hydrogens (tertiary/aromatic N) is 3. The third kappa shape index (κ3) is 4.07. The Morgan fingerprint density at radius 1 is 0.967 bits per heavy atom. The standard InChI is InChI=1S/C25H30N4O/c30-24(28-15-12-20(13-16-28)17-19-7-2-1-3-8-19)21-9-6-14-29(18-21)25-26-22-10-4-5-11-23(22)27-25/h1-5,7-8,10-11,20-21H,6,9,12-18H2,(H,26,27). The van der Waals surface area contributed by atoms with Crippen LogP contribution in [-0.4, -0.2) is 47.0 Å². The van der Waals surface area contributed by atoms with Gasteiger partial charge in [-0.25, -0.2) is 4.98 Å². The van der Waals surface area contributed by atoms with E-state index in [1.807, 2.05) is 18.2 Å². The van der Waals surface area contributed by atoms with E-state index >= 15 is 0 Å². The number of carbonyl (C=O) groups excluding carboxylic acids is 1. The highest BCUT2D eigenvalue weighted by Gasteiger charge is 2.32. The van der Waals surface area contributed by atoms with E-state index in [1.54, 1.807) is 0 Å². The third-order valence-corrected chi connectivity index (χ3v) is 6.74. The van der Waals surface area contributed by atoms with Crippen LogP contribution in [0.25, 0.3) is 11.0 Å². The molecule has 0 saturated carbocycles. The molecule has 1 atom stereocenters. The minimum absolute atomic E-state index is 0.0811. The molecule has 5 rings (SSSR count). The van der Waals surface area contributed by atoms with Crippen LogP contribution in [0.2, 0.25) is 0 Å². The fourth-order valence-corrected chi connectivity index (χ4v) is 5.02. The van der Waals surface area contributed by atoms with Gasteiger partial charge >= 0.3 is 0 Å². The molecule has 1 aromatic heterocycles. The van der Waals surface area contributed by atoms with Crippen molar-refractivity contribution < 1.29 is 4.79 Å². The average Bonchev–Trinajstić information content (AvgIpc) is 3.24. The van der Waals surface area contributed by atoms with Crippen molar-refractivity contribution in [1.29, 1.82) is 0 Å². The number of rotatable bonds is 4. The average molecular weight is 403 g/mol. The zero-order valence-electron chi connectivity index (χ0n) is 17.5. The summed E-state index contributed by atoms with van der Waals surface area (Å²) in [5, 5.41) is 0. The van der Waals surface area contributed by atoms with E-state index < -0.39 is 0 Å². The van der Waals surface area contributed by atoms with Crippen molar-refractivity contribution in [3.05, 3.63) is 60.2 Å². The van der Waals surface area contributed by atoms with Gasteiger partial charge in [0.05, 0.1) is 17.0 Å². The predicted molar refractivity (Wildman–Crippen MR) is 120 cm³/mol. The molecule has 30 heavy (non-hydrogen) atoms. The summed E-state index contributed by atoms with van der Waals surface area (Å²) in [7, 11) is 0. The van der Waals surface area contributed by atoms with E-state index in [2.05, 4.69) is 51.2 Å². The zero-order valence-corrected chi connectivity index (χ0v) is 17.5. The summed E-state index contributed by atoms with van der Waals surface area (Å²) in [6, 6.07) is 18.8. The number of carbonyl (C=O) groups is 1. The Kier molecular flexibility index (Phi) is 5.43. The van der Waals surface area contributed by atoms with Crippen LogP contribution < -0.4 is 4.90 Å². The number of para-hydroxylation sites is 2. The van der Waals surface area contributed by atoms with Crippen molar-refractivity contribution >= 4 is 22.9 Å². The minimum atomic E-state index is 0.0811. The summed E-state index contributed by atoms with van der Waals surface area (Å²) in [5.74, 6) is 2.01. The summed E-state index contributed by atoms with van der Waals surface area (Å²) >= 11 is 0. The van der Waals surface area contributed by atoms with Gasteiger partial charge in [-0.1, -0.05) is 42.5 Å². The number of fused-ring (bicyclic) bond motifs is 1. The molecule has 1 unspecified atom stereocenters. The molecule has 0 aliphatic carbocycles. The maximum atomic E-state index is 13.2. The van der Waals surface area contributed by atoms with E-state index in [-0.39, 0.29) is 5.92 Å². The van der Waals surface area contributed by atoms with E-state index in [0.717, 1.165) is 75.3 Å². The molecule has 1 amide bonds. The summed E-state index contributed by atoms with van der Waals surface area (Å²) in [4.78, 5) is 25.8. The summed E-state index contributed by atoms with van der Waals surface area (Å²) < 4.78 is 0. The van der Waals surface area contributed by atoms with E-state index in [9.17, 15) is 4.79 Å². The molecule has 5 heteroatoms. The van der Waals surface area contributed by atoms with Gasteiger partial charge in [-0.3, -0.25) is 4.79 Å². The summed E-state index contributed by atoms with van der Waals surface area (Å²) in [5.41, 5.74) is 3.46. The second-order valence-electron chi connectivity index (χ2n) is 8.82. The number of benzene rings is 2. The Balaban J connectivity index is 1.18. The molecule has 5 nitrogen and oxygen atoms in total. The normalized spacial score (nSPS) is 20.6. The first-order valence-electron chi connectivity index (χ1n) is 11.3. The second kappa shape index (κ2) is 8.50. The first-order valence-corrected chi connectivity index (χ1v) is 11.3. The third-order valence-electron chi connectivity index (χ3n) is 6.74. The number of imidazole rings is 1. The van der Waals surface area contributed by atoms with Crippen LogP contribution in [0.5, 0.6) is 0 Å². The van der Waals surface area contributed by atoms with Gasteiger partial charge in [0.1, 0.15) is 0 Å². The molecule has 3 aromatic rings. The lowest BCUT2D eigenvalue weighted by Crippen LogP contribution is -2.47. The molecule has 2 fully saturated rings. The van der Waals surface area contributed by atoms with Gasteiger partial charge in [-0.2, -0.15) is 0 Å². The number of piperidine rings is 2. The van der Waals surface area contributed by atoms with E-state index in [1.165, 1.54) is 5.56 Å². The molecule has 0 bridgehead atoms. The fourth-order valence-electron chi connectivity index (χ4n) is 5.02. The Morgan fingerprint density at radius 3 is 2.53 bits per heavy atom. The van der Waals surface area contributed by atoms with E-state index in [0.29, 0.717) is 11.8 Å². The van der Waals surface area contributed by atoms with Crippen LogP contribution in [0.4, 0.5) is 5.95 Å². The number of hydrogen-bond acceptors (Lipinski definition) is 3. The molecule has 3 heterocycles. The zero-order chi connectivity index (χ0) is 20.3. The molecular weight excluding hydrogens is 372 g/mol. The van der Waals surface area contributed by atoms with Gasteiger partial charge in [0.2, 0.25) is 11.9 Å². The number of H-pyrrole nitrogens is 1. The first-order chi connectivity index (χ1) is 14.8. The Hall–Kier alpha value is -2.82. The maximum Gasteiger partial charge on any atom is 0.227 e. The van der Waals surface area contributed by atoms with Gasteiger partial charge in [0.25, 0.3) is 0 Å². The van der Waals surface area contributed by atoms with Gasteiger partial charge in [-0.15, -0.1) is 0 Å². The molecule has 2 saturated heterocycles. The Bertz CT molecular complexity index is 958. The molecule has 1 N–H and O–H groups in total. The second-order valence-corrected chi connectivity index (χ2v) is 8.82.